The first-order valence-corrected chi connectivity index (χ1v) is 9.13. The van der Waals surface area contributed by atoms with Crippen molar-refractivity contribution in [2.24, 2.45) is 0 Å². The van der Waals surface area contributed by atoms with Crippen molar-refractivity contribution in [2.75, 3.05) is 24.7 Å². The Labute approximate surface area is 154 Å². The SMILES string of the molecule is CCOc1cccc(CI)c1-c1ccc2c(NC)nc(N)nc2n1. The molecule has 0 amide bonds. The third kappa shape index (κ3) is 3.08. The Bertz CT molecular complexity index is 884. The van der Waals surface area contributed by atoms with Crippen LogP contribution >= 0.6 is 22.6 Å². The second-order valence-corrected chi connectivity index (χ2v) is 5.87. The first kappa shape index (κ1) is 16.7. The van der Waals surface area contributed by atoms with Crippen molar-refractivity contribution in [1.82, 2.24) is 15.0 Å². The average molecular weight is 435 g/mol. The second-order valence-electron chi connectivity index (χ2n) is 5.10. The molecule has 2 aromatic heterocycles. The maximum Gasteiger partial charge on any atom is 0.224 e. The van der Waals surface area contributed by atoms with E-state index in [0.29, 0.717) is 18.1 Å². The first-order chi connectivity index (χ1) is 11.7. The summed E-state index contributed by atoms with van der Waals surface area (Å²) in [7, 11) is 1.80. The molecule has 1 aromatic carbocycles. The summed E-state index contributed by atoms with van der Waals surface area (Å²) in [6, 6.07) is 9.99. The molecule has 124 valence electrons. The van der Waals surface area contributed by atoms with Crippen LogP contribution < -0.4 is 15.8 Å². The van der Waals surface area contributed by atoms with Gasteiger partial charge in [0.25, 0.3) is 0 Å². The van der Waals surface area contributed by atoms with Gasteiger partial charge in [0.2, 0.25) is 5.95 Å². The van der Waals surface area contributed by atoms with E-state index in [2.05, 4.69) is 43.9 Å². The Morgan fingerprint density at radius 3 is 2.71 bits per heavy atom. The third-order valence-corrected chi connectivity index (χ3v) is 4.45. The highest BCUT2D eigenvalue weighted by Crippen LogP contribution is 2.35. The van der Waals surface area contributed by atoms with Gasteiger partial charge in [0, 0.05) is 17.0 Å². The van der Waals surface area contributed by atoms with E-state index in [9.17, 15) is 0 Å². The van der Waals surface area contributed by atoms with E-state index in [-0.39, 0.29) is 5.95 Å². The van der Waals surface area contributed by atoms with Crippen molar-refractivity contribution < 1.29 is 4.74 Å². The molecule has 0 aliphatic carbocycles. The van der Waals surface area contributed by atoms with E-state index in [1.807, 2.05) is 31.2 Å². The van der Waals surface area contributed by atoms with Gasteiger partial charge in [0.15, 0.2) is 5.65 Å². The minimum Gasteiger partial charge on any atom is -0.493 e. The molecule has 0 aliphatic heterocycles. The molecule has 0 saturated heterocycles. The number of pyridine rings is 1. The lowest BCUT2D eigenvalue weighted by atomic mass is 10.0. The van der Waals surface area contributed by atoms with Crippen LogP contribution in [0.2, 0.25) is 0 Å². The van der Waals surface area contributed by atoms with Crippen molar-refractivity contribution in [2.45, 2.75) is 11.4 Å². The number of nitrogens with two attached hydrogens (primary N) is 1. The van der Waals surface area contributed by atoms with Crippen molar-refractivity contribution in [3.05, 3.63) is 35.9 Å². The molecule has 3 N–H and O–H groups in total. The van der Waals surface area contributed by atoms with E-state index < -0.39 is 0 Å². The van der Waals surface area contributed by atoms with Crippen LogP contribution in [-0.4, -0.2) is 28.6 Å². The summed E-state index contributed by atoms with van der Waals surface area (Å²) in [5, 5.41) is 3.86. The van der Waals surface area contributed by atoms with Crippen molar-refractivity contribution in [3.8, 4) is 17.0 Å². The Balaban J connectivity index is 2.23. The highest BCUT2D eigenvalue weighted by atomic mass is 127. The van der Waals surface area contributed by atoms with E-state index >= 15 is 0 Å². The largest absolute Gasteiger partial charge is 0.493 e. The van der Waals surface area contributed by atoms with Crippen LogP contribution in [0.25, 0.3) is 22.3 Å². The highest BCUT2D eigenvalue weighted by molar-refractivity contribution is 14.1. The lowest BCUT2D eigenvalue weighted by Gasteiger charge is -2.14. The lowest BCUT2D eigenvalue weighted by Crippen LogP contribution is -2.03. The van der Waals surface area contributed by atoms with Crippen molar-refractivity contribution in [3.63, 3.8) is 0 Å². The minimum atomic E-state index is 0.198. The van der Waals surface area contributed by atoms with Crippen LogP contribution in [0, 0.1) is 0 Å². The number of nitrogen functional groups attached to an aromatic ring is 1. The van der Waals surface area contributed by atoms with Crippen LogP contribution in [0.15, 0.2) is 30.3 Å². The maximum absolute atomic E-state index is 5.80. The van der Waals surface area contributed by atoms with E-state index in [1.54, 1.807) is 7.05 Å². The fourth-order valence-corrected chi connectivity index (χ4v) is 3.25. The van der Waals surface area contributed by atoms with Gasteiger partial charge in [-0.1, -0.05) is 34.7 Å². The molecule has 0 aliphatic rings. The molecule has 0 unspecified atom stereocenters. The van der Waals surface area contributed by atoms with E-state index in [0.717, 1.165) is 26.8 Å². The fraction of sp³-hybridized carbons (Fsp3) is 0.235. The summed E-state index contributed by atoms with van der Waals surface area (Å²) in [6.07, 6.45) is 0. The zero-order chi connectivity index (χ0) is 17.1. The smallest absolute Gasteiger partial charge is 0.224 e. The zero-order valence-corrected chi connectivity index (χ0v) is 15.7. The molecule has 24 heavy (non-hydrogen) atoms. The second kappa shape index (κ2) is 7.16. The molecule has 6 nitrogen and oxygen atoms in total. The van der Waals surface area contributed by atoms with Gasteiger partial charge in [-0.25, -0.2) is 4.98 Å². The lowest BCUT2D eigenvalue weighted by molar-refractivity contribution is 0.341. The molecular formula is C17H18IN5O. The molecule has 0 radical (unpaired) electrons. The monoisotopic (exact) mass is 435 g/mol. The molecule has 0 atom stereocenters. The van der Waals surface area contributed by atoms with Gasteiger partial charge in [-0.2, -0.15) is 9.97 Å². The van der Waals surface area contributed by atoms with Gasteiger partial charge in [0.05, 0.1) is 17.7 Å². The van der Waals surface area contributed by atoms with Gasteiger partial charge in [-0.05, 0) is 30.7 Å². The Morgan fingerprint density at radius 2 is 2.00 bits per heavy atom. The van der Waals surface area contributed by atoms with Crippen LogP contribution in [0.4, 0.5) is 11.8 Å². The molecule has 3 aromatic rings. The average Bonchev–Trinajstić information content (AvgIpc) is 2.60. The van der Waals surface area contributed by atoms with Gasteiger partial charge in [-0.15, -0.1) is 0 Å². The number of halogens is 1. The van der Waals surface area contributed by atoms with Gasteiger partial charge in [0.1, 0.15) is 11.6 Å². The van der Waals surface area contributed by atoms with Crippen LogP contribution in [0.5, 0.6) is 5.75 Å². The molecule has 7 heteroatoms. The third-order valence-electron chi connectivity index (χ3n) is 3.63. The first-order valence-electron chi connectivity index (χ1n) is 7.61. The topological polar surface area (TPSA) is 86.0 Å². The number of nitrogens with zero attached hydrogens (tertiary/aromatic N) is 3. The number of anilines is 2. The molecule has 0 fully saturated rings. The molecule has 0 bridgehead atoms. The number of nitrogens with one attached hydrogen (secondary N) is 1. The number of ether oxygens (including phenoxy) is 1. The number of hydrogen-bond donors (Lipinski definition) is 2. The number of benzene rings is 1. The van der Waals surface area contributed by atoms with E-state index in [1.165, 1.54) is 5.56 Å². The van der Waals surface area contributed by atoms with Gasteiger partial charge >= 0.3 is 0 Å². The van der Waals surface area contributed by atoms with E-state index in [4.69, 9.17) is 15.5 Å². The van der Waals surface area contributed by atoms with Crippen molar-refractivity contribution in [1.29, 1.82) is 0 Å². The molecule has 2 heterocycles. The van der Waals surface area contributed by atoms with Crippen LogP contribution in [-0.2, 0) is 4.43 Å². The Hall–Kier alpha value is -2.16. The Kier molecular flexibility index (Phi) is 4.98. The summed E-state index contributed by atoms with van der Waals surface area (Å²) in [6.45, 7) is 2.58. The molecular weight excluding hydrogens is 417 g/mol. The summed E-state index contributed by atoms with van der Waals surface area (Å²) in [5.74, 6) is 1.70. The summed E-state index contributed by atoms with van der Waals surface area (Å²) < 4.78 is 6.66. The normalized spacial score (nSPS) is 10.8. The quantitative estimate of drug-likeness (QED) is 0.470. The van der Waals surface area contributed by atoms with Gasteiger partial charge < -0.3 is 15.8 Å². The molecule has 3 rings (SSSR count). The summed E-state index contributed by atoms with van der Waals surface area (Å²) in [4.78, 5) is 13.2. The predicted molar refractivity (Wildman–Crippen MR) is 106 cm³/mol. The fourth-order valence-electron chi connectivity index (χ4n) is 2.61. The van der Waals surface area contributed by atoms with Crippen LogP contribution in [0.3, 0.4) is 0 Å². The Morgan fingerprint density at radius 1 is 1.17 bits per heavy atom. The standard InChI is InChI=1S/C17H18IN5O/c1-3-24-13-6-4-5-10(9-18)14(13)12-8-7-11-15(20-2)22-17(19)23-16(11)21-12/h4-8H,3,9H2,1-2H3,(H3,19,20,21,22,23). The minimum absolute atomic E-state index is 0.198. The molecule has 0 spiro atoms. The zero-order valence-electron chi connectivity index (χ0n) is 13.5. The number of rotatable bonds is 5. The maximum atomic E-state index is 5.80. The number of fused-ring (bicyclic) bond motifs is 1. The number of aromatic nitrogens is 3. The summed E-state index contributed by atoms with van der Waals surface area (Å²) in [5.41, 5.74) is 9.35. The number of alkyl halides is 1. The van der Waals surface area contributed by atoms with Crippen molar-refractivity contribution >= 4 is 45.4 Å². The summed E-state index contributed by atoms with van der Waals surface area (Å²) >= 11 is 2.35. The molecule has 0 saturated carbocycles. The number of hydrogen-bond acceptors (Lipinski definition) is 6. The van der Waals surface area contributed by atoms with Gasteiger partial charge in [-0.3, -0.25) is 0 Å². The predicted octanol–water partition coefficient (Wildman–Crippen LogP) is 3.65. The highest BCUT2D eigenvalue weighted by Gasteiger charge is 2.15. The van der Waals surface area contributed by atoms with Crippen LogP contribution in [0.1, 0.15) is 12.5 Å².